The molecule has 146 valence electrons. The number of aryl methyl sites for hydroxylation is 2. The SMILES string of the molecule is Cc1cc(NC(=O)c2c(C)c(S(=O)(=O)CC3(C)COC3)cn2C)ccc1F. The highest BCUT2D eigenvalue weighted by molar-refractivity contribution is 7.91. The van der Waals surface area contributed by atoms with Crippen LogP contribution in [0.25, 0.3) is 0 Å². The van der Waals surface area contributed by atoms with Gasteiger partial charge in [0.05, 0.1) is 23.9 Å². The minimum absolute atomic E-state index is 0.0247. The van der Waals surface area contributed by atoms with E-state index in [0.717, 1.165) is 0 Å². The van der Waals surface area contributed by atoms with Gasteiger partial charge in [0.15, 0.2) is 9.84 Å². The monoisotopic (exact) mass is 394 g/mol. The van der Waals surface area contributed by atoms with Crippen molar-refractivity contribution in [3.8, 4) is 0 Å². The molecule has 1 aromatic heterocycles. The maximum absolute atomic E-state index is 13.4. The molecule has 27 heavy (non-hydrogen) atoms. The summed E-state index contributed by atoms with van der Waals surface area (Å²) in [5, 5.41) is 2.70. The maximum atomic E-state index is 13.4. The third-order valence-corrected chi connectivity index (χ3v) is 6.95. The molecule has 1 saturated heterocycles. The summed E-state index contributed by atoms with van der Waals surface area (Å²) in [5.74, 6) is -0.825. The van der Waals surface area contributed by atoms with Crippen LogP contribution in [0.15, 0.2) is 29.3 Å². The first-order valence-electron chi connectivity index (χ1n) is 8.56. The van der Waals surface area contributed by atoms with Crippen LogP contribution in [0.1, 0.15) is 28.5 Å². The van der Waals surface area contributed by atoms with Crippen LogP contribution in [-0.4, -0.2) is 37.9 Å². The van der Waals surface area contributed by atoms with Crippen molar-refractivity contribution in [2.45, 2.75) is 25.7 Å². The second-order valence-electron chi connectivity index (χ2n) is 7.56. The fourth-order valence-electron chi connectivity index (χ4n) is 3.35. The topological polar surface area (TPSA) is 77.4 Å². The lowest BCUT2D eigenvalue weighted by atomic mass is 9.92. The standard InChI is InChI=1S/C19H23FN2O4S/c1-12-7-14(5-6-15(12)20)21-18(23)17-13(2)16(8-22(17)4)27(24,25)11-19(3)9-26-10-19/h5-8H,9-11H2,1-4H3,(H,21,23). The Kier molecular flexibility index (Phi) is 4.90. The van der Waals surface area contributed by atoms with Crippen molar-refractivity contribution in [1.82, 2.24) is 4.57 Å². The number of nitrogens with zero attached hydrogens (tertiary/aromatic N) is 1. The number of nitrogens with one attached hydrogen (secondary N) is 1. The number of halogens is 1. The second kappa shape index (κ2) is 6.76. The Morgan fingerprint density at radius 1 is 1.33 bits per heavy atom. The minimum atomic E-state index is -3.56. The van der Waals surface area contributed by atoms with Crippen LogP contribution in [-0.2, 0) is 21.6 Å². The van der Waals surface area contributed by atoms with E-state index >= 15 is 0 Å². The number of benzene rings is 1. The molecule has 8 heteroatoms. The third-order valence-electron chi connectivity index (χ3n) is 4.79. The number of aromatic nitrogens is 1. The summed E-state index contributed by atoms with van der Waals surface area (Å²) >= 11 is 0. The average Bonchev–Trinajstić information content (AvgIpc) is 2.84. The van der Waals surface area contributed by atoms with E-state index in [2.05, 4.69) is 5.32 Å². The fraction of sp³-hybridized carbons (Fsp3) is 0.421. The summed E-state index contributed by atoms with van der Waals surface area (Å²) in [4.78, 5) is 12.9. The van der Waals surface area contributed by atoms with E-state index in [1.165, 1.54) is 29.0 Å². The van der Waals surface area contributed by atoms with Gasteiger partial charge in [-0.05, 0) is 43.2 Å². The number of ether oxygens (including phenoxy) is 1. The lowest BCUT2D eigenvalue weighted by Gasteiger charge is -2.37. The molecule has 1 fully saturated rings. The molecule has 1 amide bonds. The Morgan fingerprint density at radius 2 is 2.00 bits per heavy atom. The van der Waals surface area contributed by atoms with Gasteiger partial charge < -0.3 is 14.6 Å². The van der Waals surface area contributed by atoms with Crippen LogP contribution in [0.2, 0.25) is 0 Å². The van der Waals surface area contributed by atoms with Gasteiger partial charge in [0, 0.05) is 24.3 Å². The number of amides is 1. The third kappa shape index (κ3) is 3.77. The highest BCUT2D eigenvalue weighted by atomic mass is 32.2. The Hall–Kier alpha value is -2.19. The van der Waals surface area contributed by atoms with Crippen LogP contribution in [0.5, 0.6) is 0 Å². The number of anilines is 1. The largest absolute Gasteiger partial charge is 0.380 e. The van der Waals surface area contributed by atoms with Gasteiger partial charge in [-0.1, -0.05) is 6.92 Å². The van der Waals surface area contributed by atoms with Crippen LogP contribution in [0, 0.1) is 25.1 Å². The normalized spacial score (nSPS) is 16.0. The van der Waals surface area contributed by atoms with Gasteiger partial charge in [0.25, 0.3) is 5.91 Å². The molecule has 0 saturated carbocycles. The Balaban J connectivity index is 1.88. The second-order valence-corrected chi connectivity index (χ2v) is 9.52. The lowest BCUT2D eigenvalue weighted by molar-refractivity contribution is -0.0870. The molecular weight excluding hydrogens is 371 g/mol. The highest BCUT2D eigenvalue weighted by Gasteiger charge is 2.39. The van der Waals surface area contributed by atoms with Crippen LogP contribution in [0.3, 0.4) is 0 Å². The number of carbonyl (C=O) groups is 1. The highest BCUT2D eigenvalue weighted by Crippen LogP contribution is 2.32. The van der Waals surface area contributed by atoms with Crippen molar-refractivity contribution in [3.05, 3.63) is 47.0 Å². The number of carbonyl (C=O) groups excluding carboxylic acids is 1. The van der Waals surface area contributed by atoms with Gasteiger partial charge in [-0.3, -0.25) is 4.79 Å². The average molecular weight is 394 g/mol. The summed E-state index contributed by atoms with van der Waals surface area (Å²) in [6, 6.07) is 4.27. The molecule has 6 nitrogen and oxygen atoms in total. The quantitative estimate of drug-likeness (QED) is 0.846. The van der Waals surface area contributed by atoms with E-state index < -0.39 is 21.2 Å². The Labute approximate surface area is 158 Å². The van der Waals surface area contributed by atoms with Gasteiger partial charge in [-0.2, -0.15) is 0 Å². The molecule has 2 aromatic rings. The molecule has 3 rings (SSSR count). The zero-order valence-electron chi connectivity index (χ0n) is 15.8. The molecule has 1 N–H and O–H groups in total. The van der Waals surface area contributed by atoms with E-state index in [1.807, 2.05) is 6.92 Å². The lowest BCUT2D eigenvalue weighted by Crippen LogP contribution is -2.45. The number of hydrogen-bond acceptors (Lipinski definition) is 4. The van der Waals surface area contributed by atoms with Crippen LogP contribution >= 0.6 is 0 Å². The van der Waals surface area contributed by atoms with Gasteiger partial charge in [-0.25, -0.2) is 12.8 Å². The van der Waals surface area contributed by atoms with Gasteiger partial charge in [0.2, 0.25) is 0 Å². The first-order chi connectivity index (χ1) is 12.5. The predicted molar refractivity (Wildman–Crippen MR) is 100 cm³/mol. The van der Waals surface area contributed by atoms with Crippen molar-refractivity contribution in [1.29, 1.82) is 0 Å². The summed E-state index contributed by atoms with van der Waals surface area (Å²) < 4.78 is 45.7. The molecular formula is C19H23FN2O4S. The first kappa shape index (κ1) is 19.6. The van der Waals surface area contributed by atoms with Crippen molar-refractivity contribution < 1.29 is 22.3 Å². The zero-order valence-corrected chi connectivity index (χ0v) is 16.6. The zero-order chi connectivity index (χ0) is 20.0. The van der Waals surface area contributed by atoms with E-state index in [9.17, 15) is 17.6 Å². The Bertz CT molecular complexity index is 1010. The van der Waals surface area contributed by atoms with Crippen LogP contribution in [0.4, 0.5) is 10.1 Å². The smallest absolute Gasteiger partial charge is 0.272 e. The molecule has 1 aliphatic heterocycles. The van der Waals surface area contributed by atoms with E-state index in [1.54, 1.807) is 20.9 Å². The molecule has 1 aliphatic rings. The van der Waals surface area contributed by atoms with E-state index in [0.29, 0.717) is 30.0 Å². The summed E-state index contributed by atoms with van der Waals surface area (Å²) in [6.45, 7) is 5.92. The predicted octanol–water partition coefficient (Wildman–Crippen LogP) is 2.84. The number of sulfone groups is 1. The molecule has 0 atom stereocenters. The molecule has 0 aliphatic carbocycles. The first-order valence-corrected chi connectivity index (χ1v) is 10.2. The number of hydrogen-bond donors (Lipinski definition) is 1. The van der Waals surface area contributed by atoms with Crippen LogP contribution < -0.4 is 5.32 Å². The molecule has 1 aromatic carbocycles. The van der Waals surface area contributed by atoms with Gasteiger partial charge in [0.1, 0.15) is 11.5 Å². The molecule has 2 heterocycles. The van der Waals surface area contributed by atoms with Crippen molar-refractivity contribution >= 4 is 21.4 Å². The fourth-order valence-corrected chi connectivity index (χ4v) is 5.47. The van der Waals surface area contributed by atoms with Crippen molar-refractivity contribution in [3.63, 3.8) is 0 Å². The molecule has 0 bridgehead atoms. The van der Waals surface area contributed by atoms with Gasteiger partial charge >= 0.3 is 0 Å². The molecule has 0 spiro atoms. The summed E-state index contributed by atoms with van der Waals surface area (Å²) in [6.07, 6.45) is 1.47. The Morgan fingerprint density at radius 3 is 2.56 bits per heavy atom. The van der Waals surface area contributed by atoms with Crippen molar-refractivity contribution in [2.75, 3.05) is 24.3 Å². The van der Waals surface area contributed by atoms with E-state index in [-0.39, 0.29) is 22.2 Å². The molecule has 0 radical (unpaired) electrons. The summed E-state index contributed by atoms with van der Waals surface area (Å²) in [5.41, 5.74) is 1.12. The van der Waals surface area contributed by atoms with Crippen molar-refractivity contribution in [2.24, 2.45) is 12.5 Å². The minimum Gasteiger partial charge on any atom is -0.380 e. The molecule has 0 unspecified atom stereocenters. The maximum Gasteiger partial charge on any atom is 0.272 e. The number of rotatable bonds is 5. The van der Waals surface area contributed by atoms with Gasteiger partial charge in [-0.15, -0.1) is 0 Å². The summed E-state index contributed by atoms with van der Waals surface area (Å²) in [7, 11) is -1.93. The van der Waals surface area contributed by atoms with E-state index in [4.69, 9.17) is 4.74 Å².